The normalized spacial score (nSPS) is 13.7. The van der Waals surface area contributed by atoms with E-state index in [2.05, 4.69) is 34.5 Å². The first-order valence-corrected chi connectivity index (χ1v) is 9.46. The maximum Gasteiger partial charge on any atom is 0.241 e. The van der Waals surface area contributed by atoms with Crippen LogP contribution in [0.3, 0.4) is 0 Å². The molecule has 1 atom stereocenters. The molecule has 0 aliphatic carbocycles. The maximum atomic E-state index is 12.6. The largest absolute Gasteiger partial charge is 0.326 e. The van der Waals surface area contributed by atoms with E-state index < -0.39 is 10.0 Å². The molecule has 0 fully saturated rings. The van der Waals surface area contributed by atoms with Crippen molar-refractivity contribution in [1.82, 2.24) is 4.72 Å². The number of nitrogens with one attached hydrogen (secondary N) is 1. The number of nitrogens with two attached hydrogens (primary N) is 1. The van der Waals surface area contributed by atoms with E-state index in [-0.39, 0.29) is 6.04 Å². The lowest BCUT2D eigenvalue weighted by Crippen LogP contribution is -2.33. The van der Waals surface area contributed by atoms with Gasteiger partial charge in [-0.2, -0.15) is 0 Å². The van der Waals surface area contributed by atoms with Gasteiger partial charge in [0, 0.05) is 17.1 Å². The Hall–Kier alpha value is -0.430. The second-order valence-corrected chi connectivity index (χ2v) is 8.44. The summed E-state index contributed by atoms with van der Waals surface area (Å²) in [5.74, 6) is 0.563. The summed E-state index contributed by atoms with van der Waals surface area (Å²) >= 11 is 3.40. The lowest BCUT2D eigenvalue weighted by atomic mass is 10.1. The Balaban J connectivity index is 3.00. The van der Waals surface area contributed by atoms with Crippen LogP contribution in [0.25, 0.3) is 0 Å². The molecule has 1 aromatic rings. The Labute approximate surface area is 136 Å². The predicted molar refractivity (Wildman–Crippen MR) is 90.6 cm³/mol. The monoisotopic (exact) mass is 376 g/mol. The zero-order valence-electron chi connectivity index (χ0n) is 13.1. The average molecular weight is 377 g/mol. The molecule has 0 amide bonds. The van der Waals surface area contributed by atoms with E-state index in [1.165, 1.54) is 0 Å². The first-order valence-electron chi connectivity index (χ1n) is 7.18. The summed E-state index contributed by atoms with van der Waals surface area (Å²) in [7, 11) is -3.53. The van der Waals surface area contributed by atoms with Gasteiger partial charge < -0.3 is 5.73 Å². The smallest absolute Gasteiger partial charge is 0.241 e. The molecule has 0 saturated carbocycles. The van der Waals surface area contributed by atoms with Crippen LogP contribution in [0.2, 0.25) is 0 Å². The van der Waals surface area contributed by atoms with Crippen molar-refractivity contribution in [2.24, 2.45) is 11.7 Å². The Bertz CT molecular complexity index is 586. The van der Waals surface area contributed by atoms with Gasteiger partial charge >= 0.3 is 0 Å². The van der Waals surface area contributed by atoms with Gasteiger partial charge in [0.25, 0.3) is 0 Å². The van der Waals surface area contributed by atoms with Crippen LogP contribution in [0.5, 0.6) is 0 Å². The summed E-state index contributed by atoms with van der Waals surface area (Å²) in [5.41, 5.74) is 7.13. The van der Waals surface area contributed by atoms with Crippen molar-refractivity contribution in [1.29, 1.82) is 0 Å². The van der Waals surface area contributed by atoms with Crippen molar-refractivity contribution < 1.29 is 8.42 Å². The highest BCUT2D eigenvalue weighted by atomic mass is 79.9. The van der Waals surface area contributed by atoms with E-state index >= 15 is 0 Å². The Morgan fingerprint density at radius 3 is 2.38 bits per heavy atom. The summed E-state index contributed by atoms with van der Waals surface area (Å²) in [4.78, 5) is 0.300. The summed E-state index contributed by atoms with van der Waals surface area (Å²) in [5, 5.41) is 0. The van der Waals surface area contributed by atoms with Crippen LogP contribution in [0.15, 0.2) is 21.5 Å². The van der Waals surface area contributed by atoms with Gasteiger partial charge in [0.05, 0.1) is 4.90 Å². The summed E-state index contributed by atoms with van der Waals surface area (Å²) in [6.07, 6.45) is 1.82. The molecule has 120 valence electrons. The van der Waals surface area contributed by atoms with Crippen LogP contribution >= 0.6 is 15.9 Å². The zero-order valence-corrected chi connectivity index (χ0v) is 15.5. The molecule has 0 bridgehead atoms. The fourth-order valence-electron chi connectivity index (χ4n) is 2.07. The Kier molecular flexibility index (Phi) is 6.84. The number of hydrogen-bond acceptors (Lipinski definition) is 3. The SMILES string of the molecule is Cc1c(Br)cc(CN)cc1S(=O)(=O)NC(C)CCC(C)C. The van der Waals surface area contributed by atoms with Gasteiger partial charge in [0.1, 0.15) is 0 Å². The predicted octanol–water partition coefficient (Wildman–Crippen LogP) is 3.32. The molecule has 0 aliphatic rings. The summed E-state index contributed by atoms with van der Waals surface area (Å²) in [6, 6.07) is 3.42. The molecule has 0 spiro atoms. The van der Waals surface area contributed by atoms with Crippen LogP contribution in [0, 0.1) is 12.8 Å². The van der Waals surface area contributed by atoms with Crippen LogP contribution in [0.1, 0.15) is 44.7 Å². The van der Waals surface area contributed by atoms with Crippen molar-refractivity contribution in [3.63, 3.8) is 0 Å². The third-order valence-electron chi connectivity index (χ3n) is 3.42. The van der Waals surface area contributed by atoms with Crippen molar-refractivity contribution in [2.75, 3.05) is 0 Å². The van der Waals surface area contributed by atoms with Gasteiger partial charge in [-0.05, 0) is 55.9 Å². The van der Waals surface area contributed by atoms with E-state index in [9.17, 15) is 8.42 Å². The zero-order chi connectivity index (χ0) is 16.2. The molecule has 6 heteroatoms. The summed E-state index contributed by atoms with van der Waals surface area (Å²) < 4.78 is 28.6. The third kappa shape index (κ3) is 5.36. The summed E-state index contributed by atoms with van der Waals surface area (Å²) in [6.45, 7) is 8.26. The molecule has 0 aromatic heterocycles. The molecule has 0 saturated heterocycles. The van der Waals surface area contributed by atoms with Gasteiger partial charge in [0.2, 0.25) is 10.0 Å². The lowest BCUT2D eigenvalue weighted by Gasteiger charge is -2.17. The minimum atomic E-state index is -3.53. The van der Waals surface area contributed by atoms with E-state index in [0.717, 1.165) is 22.9 Å². The minimum absolute atomic E-state index is 0.0860. The number of hydrogen-bond donors (Lipinski definition) is 2. The van der Waals surface area contributed by atoms with Crippen molar-refractivity contribution in [3.8, 4) is 0 Å². The first kappa shape index (κ1) is 18.6. The Morgan fingerprint density at radius 2 is 1.86 bits per heavy atom. The minimum Gasteiger partial charge on any atom is -0.326 e. The number of benzene rings is 1. The highest BCUT2D eigenvalue weighted by Crippen LogP contribution is 2.26. The van der Waals surface area contributed by atoms with E-state index in [1.807, 2.05) is 13.0 Å². The van der Waals surface area contributed by atoms with Crippen LogP contribution in [0.4, 0.5) is 0 Å². The highest BCUT2D eigenvalue weighted by Gasteiger charge is 2.21. The van der Waals surface area contributed by atoms with Gasteiger partial charge in [-0.1, -0.05) is 29.8 Å². The lowest BCUT2D eigenvalue weighted by molar-refractivity contribution is 0.485. The molecular weight excluding hydrogens is 352 g/mol. The van der Waals surface area contributed by atoms with E-state index in [0.29, 0.717) is 22.9 Å². The molecule has 1 rings (SSSR count). The number of sulfonamides is 1. The molecule has 1 unspecified atom stereocenters. The molecule has 0 aliphatic heterocycles. The topological polar surface area (TPSA) is 72.2 Å². The average Bonchev–Trinajstić information content (AvgIpc) is 2.38. The fourth-order valence-corrected chi connectivity index (χ4v) is 4.31. The molecule has 3 N–H and O–H groups in total. The van der Waals surface area contributed by atoms with Crippen molar-refractivity contribution >= 4 is 26.0 Å². The van der Waals surface area contributed by atoms with Crippen molar-refractivity contribution in [3.05, 3.63) is 27.7 Å². The third-order valence-corrected chi connectivity index (χ3v) is 5.95. The molecule has 4 nitrogen and oxygen atoms in total. The van der Waals surface area contributed by atoms with Gasteiger partial charge in [-0.15, -0.1) is 0 Å². The molecule has 1 aromatic carbocycles. The standard InChI is InChI=1S/C15H25BrN2O2S/c1-10(2)5-6-11(3)18-21(19,20)15-8-13(9-17)7-14(16)12(15)4/h7-8,10-11,18H,5-6,9,17H2,1-4H3. The van der Waals surface area contributed by atoms with Crippen LogP contribution in [-0.2, 0) is 16.6 Å². The van der Waals surface area contributed by atoms with Crippen LogP contribution < -0.4 is 10.5 Å². The molecule has 0 radical (unpaired) electrons. The van der Waals surface area contributed by atoms with Gasteiger partial charge in [-0.3, -0.25) is 0 Å². The fraction of sp³-hybridized carbons (Fsp3) is 0.600. The Morgan fingerprint density at radius 1 is 1.24 bits per heavy atom. The van der Waals surface area contributed by atoms with Crippen molar-refractivity contribution in [2.45, 2.75) is 58.0 Å². The molecule has 0 heterocycles. The second-order valence-electron chi connectivity index (χ2n) is 5.90. The second kappa shape index (κ2) is 7.72. The number of rotatable bonds is 7. The number of halogens is 1. The molecular formula is C15H25BrN2O2S. The highest BCUT2D eigenvalue weighted by molar-refractivity contribution is 9.10. The molecule has 21 heavy (non-hydrogen) atoms. The van der Waals surface area contributed by atoms with E-state index in [4.69, 9.17) is 5.73 Å². The van der Waals surface area contributed by atoms with E-state index in [1.54, 1.807) is 13.0 Å². The quantitative estimate of drug-likeness (QED) is 0.766. The first-order chi connectivity index (χ1) is 9.67. The maximum absolute atomic E-state index is 12.6. The van der Waals surface area contributed by atoms with Gasteiger partial charge in [-0.25, -0.2) is 13.1 Å². The van der Waals surface area contributed by atoms with Gasteiger partial charge in [0.15, 0.2) is 0 Å². The van der Waals surface area contributed by atoms with Crippen LogP contribution in [-0.4, -0.2) is 14.5 Å².